The first kappa shape index (κ1) is 18.9. The van der Waals surface area contributed by atoms with Gasteiger partial charge in [-0.2, -0.15) is 5.10 Å². The smallest absolute Gasteiger partial charge is 0.130 e. The highest BCUT2D eigenvalue weighted by Crippen LogP contribution is 2.35. The lowest BCUT2D eigenvalue weighted by Gasteiger charge is -2.28. The minimum absolute atomic E-state index is 0.509. The highest BCUT2D eigenvalue weighted by atomic mass is 32.2. The summed E-state index contributed by atoms with van der Waals surface area (Å²) in [6.07, 6.45) is 5.46. The maximum atomic E-state index is 7.98. The first-order chi connectivity index (χ1) is 14.7. The summed E-state index contributed by atoms with van der Waals surface area (Å²) in [5.41, 5.74) is 4.70. The van der Waals surface area contributed by atoms with Crippen molar-refractivity contribution in [3.63, 3.8) is 0 Å². The Morgan fingerprint density at radius 3 is 2.57 bits per heavy atom. The van der Waals surface area contributed by atoms with Crippen molar-refractivity contribution in [3.05, 3.63) is 54.9 Å². The summed E-state index contributed by atoms with van der Waals surface area (Å²) in [6.45, 7) is 3.03. The standard InChI is InChI=1S/C22H22N6OS/c1-30(23)16-4-2-15(3-5-16)18-14-20(28-10-12-29-13-11-28)26-21-17(18)6-8-24-22(21)19-7-9-25-27-19/h2-9,14,23H,10-13H2,1H3,(H,25,27). The second-order valence-corrected chi connectivity index (χ2v) is 8.68. The minimum Gasteiger partial charge on any atom is -0.378 e. The van der Waals surface area contributed by atoms with Crippen LogP contribution in [0.3, 0.4) is 0 Å². The molecule has 8 heteroatoms. The van der Waals surface area contributed by atoms with E-state index in [1.807, 2.05) is 36.7 Å². The van der Waals surface area contributed by atoms with E-state index in [1.54, 1.807) is 6.20 Å². The molecule has 1 atom stereocenters. The van der Waals surface area contributed by atoms with Gasteiger partial charge in [0.2, 0.25) is 0 Å². The number of nitrogens with zero attached hydrogens (tertiary/aromatic N) is 4. The number of hydrogen-bond donors (Lipinski definition) is 2. The van der Waals surface area contributed by atoms with Crippen molar-refractivity contribution in [2.75, 3.05) is 37.5 Å². The number of morpholine rings is 1. The quantitative estimate of drug-likeness (QED) is 0.525. The predicted molar refractivity (Wildman–Crippen MR) is 120 cm³/mol. The fourth-order valence-electron chi connectivity index (χ4n) is 3.75. The SMILES string of the molecule is CS(=N)c1ccc(-c2cc(N3CCOCC3)nc3c(-c4ccn[nH]4)nccc23)cc1. The van der Waals surface area contributed by atoms with Crippen LogP contribution in [-0.4, -0.2) is 52.7 Å². The van der Waals surface area contributed by atoms with E-state index < -0.39 is 10.7 Å². The molecule has 0 spiro atoms. The summed E-state index contributed by atoms with van der Waals surface area (Å²) in [6, 6.07) is 14.4. The number of aromatic amines is 1. The van der Waals surface area contributed by atoms with Crippen LogP contribution in [0.4, 0.5) is 5.82 Å². The van der Waals surface area contributed by atoms with Crippen molar-refractivity contribution in [1.82, 2.24) is 20.2 Å². The average Bonchev–Trinajstić information content (AvgIpc) is 3.33. The van der Waals surface area contributed by atoms with Crippen LogP contribution in [-0.2, 0) is 15.4 Å². The normalized spacial score (nSPS) is 15.4. The number of H-pyrrole nitrogens is 1. The number of hydrogen-bond acceptors (Lipinski definition) is 6. The molecule has 1 fully saturated rings. The van der Waals surface area contributed by atoms with Gasteiger partial charge in [0.05, 0.1) is 18.9 Å². The van der Waals surface area contributed by atoms with Gasteiger partial charge in [-0.3, -0.25) is 14.9 Å². The van der Waals surface area contributed by atoms with E-state index in [-0.39, 0.29) is 0 Å². The Balaban J connectivity index is 1.73. The Hall–Kier alpha value is -3.10. The summed E-state index contributed by atoms with van der Waals surface area (Å²) >= 11 is 0. The van der Waals surface area contributed by atoms with Crippen molar-refractivity contribution in [2.45, 2.75) is 4.90 Å². The first-order valence-corrected chi connectivity index (χ1v) is 11.4. The average molecular weight is 419 g/mol. The fourth-order valence-corrected chi connectivity index (χ4v) is 4.30. The molecule has 3 aromatic heterocycles. The van der Waals surface area contributed by atoms with Crippen LogP contribution in [0.1, 0.15) is 0 Å². The number of benzene rings is 1. The molecule has 0 radical (unpaired) electrons. The number of anilines is 1. The molecule has 1 aliphatic rings. The largest absolute Gasteiger partial charge is 0.378 e. The Morgan fingerprint density at radius 2 is 1.87 bits per heavy atom. The molecule has 2 N–H and O–H groups in total. The van der Waals surface area contributed by atoms with Crippen molar-refractivity contribution < 1.29 is 4.74 Å². The topological polar surface area (TPSA) is 90.8 Å². The molecule has 0 bridgehead atoms. The molecular weight excluding hydrogens is 396 g/mol. The molecule has 1 saturated heterocycles. The molecule has 7 nitrogen and oxygen atoms in total. The first-order valence-electron chi connectivity index (χ1n) is 9.80. The number of aromatic nitrogens is 4. The molecule has 1 aliphatic heterocycles. The zero-order chi connectivity index (χ0) is 20.5. The third-order valence-electron chi connectivity index (χ3n) is 5.32. The highest BCUT2D eigenvalue weighted by molar-refractivity contribution is 7.85. The number of pyridine rings is 2. The van der Waals surface area contributed by atoms with E-state index >= 15 is 0 Å². The van der Waals surface area contributed by atoms with Gasteiger partial charge >= 0.3 is 0 Å². The molecule has 152 valence electrons. The lowest BCUT2D eigenvalue weighted by atomic mass is 10.00. The van der Waals surface area contributed by atoms with Gasteiger partial charge in [0.25, 0.3) is 0 Å². The molecule has 5 rings (SSSR count). The lowest BCUT2D eigenvalue weighted by molar-refractivity contribution is 0.122. The van der Waals surface area contributed by atoms with Crippen LogP contribution in [0, 0.1) is 4.78 Å². The van der Waals surface area contributed by atoms with E-state index in [4.69, 9.17) is 14.5 Å². The van der Waals surface area contributed by atoms with Crippen LogP contribution in [0.25, 0.3) is 33.4 Å². The molecule has 0 saturated carbocycles. The van der Waals surface area contributed by atoms with Crippen LogP contribution in [0.2, 0.25) is 0 Å². The molecule has 4 aromatic rings. The summed E-state index contributed by atoms with van der Waals surface area (Å²) in [5, 5.41) is 8.15. The van der Waals surface area contributed by atoms with Crippen LogP contribution in [0.15, 0.2) is 59.8 Å². The van der Waals surface area contributed by atoms with Crippen LogP contribution in [0.5, 0.6) is 0 Å². The second-order valence-electron chi connectivity index (χ2n) is 7.19. The molecule has 0 amide bonds. The third kappa shape index (κ3) is 3.48. The maximum Gasteiger partial charge on any atom is 0.130 e. The molecule has 30 heavy (non-hydrogen) atoms. The third-order valence-corrected chi connectivity index (χ3v) is 6.30. The number of ether oxygens (including phenoxy) is 1. The summed E-state index contributed by atoms with van der Waals surface area (Å²) in [4.78, 5) is 12.9. The van der Waals surface area contributed by atoms with E-state index in [1.165, 1.54) is 0 Å². The van der Waals surface area contributed by atoms with Gasteiger partial charge in [-0.1, -0.05) is 22.8 Å². The summed E-state index contributed by atoms with van der Waals surface area (Å²) in [7, 11) is -0.509. The molecule has 1 unspecified atom stereocenters. The summed E-state index contributed by atoms with van der Waals surface area (Å²) < 4.78 is 13.5. The number of rotatable bonds is 4. The van der Waals surface area contributed by atoms with Crippen molar-refractivity contribution in [1.29, 1.82) is 4.78 Å². The molecule has 4 heterocycles. The van der Waals surface area contributed by atoms with Gasteiger partial charge in [-0.25, -0.2) is 4.98 Å². The Bertz CT molecular complexity index is 1200. The molecule has 0 aliphatic carbocycles. The Morgan fingerprint density at radius 1 is 1.07 bits per heavy atom. The van der Waals surface area contributed by atoms with Gasteiger partial charge in [-0.15, -0.1) is 0 Å². The minimum atomic E-state index is -0.509. The fraction of sp³-hybridized carbons (Fsp3) is 0.227. The zero-order valence-electron chi connectivity index (χ0n) is 16.6. The molecular formula is C22H22N6OS. The van der Waals surface area contributed by atoms with Crippen LogP contribution < -0.4 is 4.90 Å². The second kappa shape index (κ2) is 7.97. The van der Waals surface area contributed by atoms with E-state index in [2.05, 4.69) is 38.3 Å². The Kier molecular flexibility index (Phi) is 5.02. The van der Waals surface area contributed by atoms with E-state index in [9.17, 15) is 0 Å². The van der Waals surface area contributed by atoms with Crippen molar-refractivity contribution in [2.24, 2.45) is 0 Å². The predicted octanol–water partition coefficient (Wildman–Crippen LogP) is 3.89. The molecule has 1 aromatic carbocycles. The number of nitrogens with one attached hydrogen (secondary N) is 2. The highest BCUT2D eigenvalue weighted by Gasteiger charge is 2.18. The lowest BCUT2D eigenvalue weighted by Crippen LogP contribution is -2.36. The van der Waals surface area contributed by atoms with Gasteiger partial charge < -0.3 is 9.64 Å². The van der Waals surface area contributed by atoms with E-state index in [0.717, 1.165) is 57.2 Å². The van der Waals surface area contributed by atoms with Gasteiger partial charge in [0, 0.05) is 35.8 Å². The number of fused-ring (bicyclic) bond motifs is 1. The summed E-state index contributed by atoms with van der Waals surface area (Å²) in [5.74, 6) is 0.925. The van der Waals surface area contributed by atoms with Gasteiger partial charge in [-0.05, 0) is 47.7 Å². The van der Waals surface area contributed by atoms with Crippen LogP contribution >= 0.6 is 0 Å². The van der Waals surface area contributed by atoms with Crippen molar-refractivity contribution >= 4 is 27.4 Å². The Labute approximate surface area is 177 Å². The van der Waals surface area contributed by atoms with Gasteiger partial charge in [0.1, 0.15) is 17.0 Å². The van der Waals surface area contributed by atoms with Crippen molar-refractivity contribution in [3.8, 4) is 22.5 Å². The van der Waals surface area contributed by atoms with Gasteiger partial charge in [0.15, 0.2) is 0 Å². The monoisotopic (exact) mass is 418 g/mol. The van der Waals surface area contributed by atoms with E-state index in [0.29, 0.717) is 13.2 Å². The maximum absolute atomic E-state index is 7.98. The zero-order valence-corrected chi connectivity index (χ0v) is 17.4.